The van der Waals surface area contributed by atoms with E-state index in [1.165, 1.54) is 12.1 Å². The minimum Gasteiger partial charge on any atom is -0.348 e. The van der Waals surface area contributed by atoms with E-state index in [4.69, 9.17) is 34.8 Å². The van der Waals surface area contributed by atoms with Crippen molar-refractivity contribution in [2.45, 2.75) is 6.54 Å². The molecule has 20 heavy (non-hydrogen) atoms. The molecule has 0 saturated carbocycles. The zero-order chi connectivity index (χ0) is 14.7. The summed E-state index contributed by atoms with van der Waals surface area (Å²) in [7, 11) is 0. The minimum atomic E-state index is -0.630. The predicted molar refractivity (Wildman–Crippen MR) is 79.0 cm³/mol. The Morgan fingerprint density at radius 2 is 1.70 bits per heavy atom. The molecule has 1 amide bonds. The number of benzene rings is 2. The summed E-state index contributed by atoms with van der Waals surface area (Å²) in [6.07, 6.45) is 0. The Hall–Kier alpha value is -1.29. The second-order valence-electron chi connectivity index (χ2n) is 4.04. The van der Waals surface area contributed by atoms with Gasteiger partial charge in [-0.15, -0.1) is 0 Å². The Kier molecular flexibility index (Phi) is 4.86. The summed E-state index contributed by atoms with van der Waals surface area (Å²) in [5.41, 5.74) is 0.578. The highest BCUT2D eigenvalue weighted by molar-refractivity contribution is 6.35. The van der Waals surface area contributed by atoms with E-state index in [9.17, 15) is 9.18 Å². The molecule has 0 spiro atoms. The van der Waals surface area contributed by atoms with Gasteiger partial charge < -0.3 is 5.32 Å². The van der Waals surface area contributed by atoms with Crippen LogP contribution in [0, 0.1) is 5.82 Å². The molecule has 0 aliphatic rings. The summed E-state index contributed by atoms with van der Waals surface area (Å²) < 4.78 is 13.5. The Balaban J connectivity index is 2.10. The number of hydrogen-bond acceptors (Lipinski definition) is 1. The summed E-state index contributed by atoms with van der Waals surface area (Å²) in [4.78, 5) is 11.9. The highest BCUT2D eigenvalue weighted by Gasteiger charge is 2.12. The van der Waals surface area contributed by atoms with Crippen molar-refractivity contribution in [3.05, 3.63) is 68.4 Å². The van der Waals surface area contributed by atoms with Gasteiger partial charge >= 0.3 is 0 Å². The van der Waals surface area contributed by atoms with Gasteiger partial charge in [-0.25, -0.2) is 4.39 Å². The molecular weight excluding hydrogens is 324 g/mol. The summed E-state index contributed by atoms with van der Waals surface area (Å²) >= 11 is 17.5. The second kappa shape index (κ2) is 6.44. The third-order valence-corrected chi connectivity index (χ3v) is 3.45. The van der Waals surface area contributed by atoms with Crippen molar-refractivity contribution in [2.24, 2.45) is 0 Å². The summed E-state index contributed by atoms with van der Waals surface area (Å²) in [6, 6.07) is 8.73. The van der Waals surface area contributed by atoms with Gasteiger partial charge in [-0.05, 0) is 35.9 Å². The molecule has 0 saturated heterocycles. The van der Waals surface area contributed by atoms with Crippen LogP contribution in [0.15, 0.2) is 36.4 Å². The molecule has 2 rings (SSSR count). The van der Waals surface area contributed by atoms with Gasteiger partial charge in [0.1, 0.15) is 5.82 Å². The topological polar surface area (TPSA) is 29.1 Å². The normalized spacial score (nSPS) is 10.4. The molecule has 0 radical (unpaired) electrons. The first kappa shape index (κ1) is 15.1. The second-order valence-corrected chi connectivity index (χ2v) is 5.32. The molecule has 0 aromatic heterocycles. The molecule has 2 nitrogen and oxygen atoms in total. The fourth-order valence-corrected chi connectivity index (χ4v) is 2.25. The zero-order valence-electron chi connectivity index (χ0n) is 10.1. The minimum absolute atomic E-state index is 0.109. The lowest BCUT2D eigenvalue weighted by Crippen LogP contribution is -2.24. The van der Waals surface area contributed by atoms with E-state index in [1.54, 1.807) is 18.2 Å². The standard InChI is InChI=1S/C14H9Cl3FNO/c15-9-3-4-13(18)11(5-9)14(20)19-7-8-1-2-10(16)6-12(8)17/h1-6H,7H2,(H,19,20). The van der Waals surface area contributed by atoms with E-state index in [0.717, 1.165) is 6.07 Å². The monoisotopic (exact) mass is 331 g/mol. The van der Waals surface area contributed by atoms with Crippen molar-refractivity contribution < 1.29 is 9.18 Å². The van der Waals surface area contributed by atoms with Crippen LogP contribution in [0.5, 0.6) is 0 Å². The Labute approximate surface area is 130 Å². The van der Waals surface area contributed by atoms with Crippen LogP contribution < -0.4 is 5.32 Å². The van der Waals surface area contributed by atoms with E-state index in [2.05, 4.69) is 5.32 Å². The fourth-order valence-electron chi connectivity index (χ4n) is 1.61. The molecule has 0 fully saturated rings. The van der Waals surface area contributed by atoms with Crippen LogP contribution in [-0.2, 0) is 6.54 Å². The molecule has 0 atom stereocenters. The molecule has 1 N–H and O–H groups in total. The van der Waals surface area contributed by atoms with E-state index in [1.807, 2.05) is 0 Å². The van der Waals surface area contributed by atoms with Crippen LogP contribution >= 0.6 is 34.8 Å². The first-order valence-electron chi connectivity index (χ1n) is 5.64. The lowest BCUT2D eigenvalue weighted by Gasteiger charge is -2.08. The maximum atomic E-state index is 13.5. The van der Waals surface area contributed by atoms with Gasteiger partial charge in [0, 0.05) is 21.6 Å². The van der Waals surface area contributed by atoms with Crippen LogP contribution in [0.2, 0.25) is 15.1 Å². The van der Waals surface area contributed by atoms with Gasteiger partial charge in [-0.3, -0.25) is 4.79 Å². The number of amides is 1. The maximum absolute atomic E-state index is 13.5. The van der Waals surface area contributed by atoms with Crippen LogP contribution in [0.3, 0.4) is 0 Å². The average molecular weight is 333 g/mol. The smallest absolute Gasteiger partial charge is 0.254 e. The molecular formula is C14H9Cl3FNO. The van der Waals surface area contributed by atoms with Gasteiger partial charge in [-0.1, -0.05) is 40.9 Å². The third kappa shape index (κ3) is 3.63. The molecule has 0 heterocycles. The van der Waals surface area contributed by atoms with Gasteiger partial charge in [0.15, 0.2) is 0 Å². The highest BCUT2D eigenvalue weighted by Crippen LogP contribution is 2.21. The van der Waals surface area contributed by atoms with Gasteiger partial charge in [0.05, 0.1) is 5.56 Å². The zero-order valence-corrected chi connectivity index (χ0v) is 12.4. The van der Waals surface area contributed by atoms with Gasteiger partial charge in [-0.2, -0.15) is 0 Å². The number of hydrogen-bond donors (Lipinski definition) is 1. The van der Waals surface area contributed by atoms with Crippen LogP contribution in [0.1, 0.15) is 15.9 Å². The summed E-state index contributed by atoms with van der Waals surface area (Å²) in [5, 5.41) is 3.81. The van der Waals surface area contributed by atoms with Crippen molar-refractivity contribution in [3.63, 3.8) is 0 Å². The van der Waals surface area contributed by atoms with Crippen LogP contribution in [0.25, 0.3) is 0 Å². The fraction of sp³-hybridized carbons (Fsp3) is 0.0714. The first-order chi connectivity index (χ1) is 9.47. The molecule has 104 valence electrons. The van der Waals surface area contributed by atoms with Crippen molar-refractivity contribution >= 4 is 40.7 Å². The van der Waals surface area contributed by atoms with Crippen molar-refractivity contribution in [1.82, 2.24) is 5.32 Å². The van der Waals surface area contributed by atoms with Crippen molar-refractivity contribution in [3.8, 4) is 0 Å². The number of carbonyl (C=O) groups excluding carboxylic acids is 1. The molecule has 0 bridgehead atoms. The molecule has 0 aliphatic carbocycles. The van der Waals surface area contributed by atoms with E-state index < -0.39 is 11.7 Å². The van der Waals surface area contributed by atoms with E-state index in [-0.39, 0.29) is 12.1 Å². The summed E-state index contributed by atoms with van der Waals surface area (Å²) in [6.45, 7) is 0.167. The SMILES string of the molecule is O=C(NCc1ccc(Cl)cc1Cl)c1cc(Cl)ccc1F. The maximum Gasteiger partial charge on any atom is 0.254 e. The number of carbonyl (C=O) groups is 1. The largest absolute Gasteiger partial charge is 0.348 e. The van der Waals surface area contributed by atoms with Crippen LogP contribution in [-0.4, -0.2) is 5.91 Å². The molecule has 0 aliphatic heterocycles. The van der Waals surface area contributed by atoms with Crippen molar-refractivity contribution in [1.29, 1.82) is 0 Å². The van der Waals surface area contributed by atoms with Crippen LogP contribution in [0.4, 0.5) is 4.39 Å². The molecule has 6 heteroatoms. The number of halogens is 4. The van der Waals surface area contributed by atoms with E-state index in [0.29, 0.717) is 20.6 Å². The molecule has 0 unspecified atom stereocenters. The van der Waals surface area contributed by atoms with Gasteiger partial charge in [0.2, 0.25) is 0 Å². The third-order valence-electron chi connectivity index (χ3n) is 2.63. The van der Waals surface area contributed by atoms with Gasteiger partial charge in [0.25, 0.3) is 5.91 Å². The average Bonchev–Trinajstić information content (AvgIpc) is 2.40. The first-order valence-corrected chi connectivity index (χ1v) is 6.78. The lowest BCUT2D eigenvalue weighted by atomic mass is 10.2. The summed E-state index contributed by atoms with van der Waals surface area (Å²) in [5.74, 6) is -1.19. The van der Waals surface area contributed by atoms with Crippen molar-refractivity contribution in [2.75, 3.05) is 0 Å². The Bertz CT molecular complexity index is 661. The molecule has 2 aromatic rings. The predicted octanol–water partition coefficient (Wildman–Crippen LogP) is 4.72. The number of rotatable bonds is 3. The number of nitrogens with one attached hydrogen (secondary N) is 1. The highest BCUT2D eigenvalue weighted by atomic mass is 35.5. The quantitative estimate of drug-likeness (QED) is 0.866. The lowest BCUT2D eigenvalue weighted by molar-refractivity contribution is 0.0947. The Morgan fingerprint density at radius 3 is 2.40 bits per heavy atom. The van der Waals surface area contributed by atoms with E-state index >= 15 is 0 Å². The molecule has 2 aromatic carbocycles. The Morgan fingerprint density at radius 1 is 1.05 bits per heavy atom.